The Hall–Kier alpha value is -3.08. The van der Waals surface area contributed by atoms with Crippen LogP contribution in [0.2, 0.25) is 5.02 Å². The Morgan fingerprint density at radius 1 is 1.19 bits per heavy atom. The molecule has 2 fully saturated rings. The highest BCUT2D eigenvalue weighted by molar-refractivity contribution is 6.34. The number of aromatic nitrogens is 3. The number of nitrogens with one attached hydrogen (secondary N) is 3. The van der Waals surface area contributed by atoms with Crippen LogP contribution in [0.25, 0.3) is 0 Å². The Labute approximate surface area is 179 Å². The molecule has 31 heavy (non-hydrogen) atoms. The van der Waals surface area contributed by atoms with Crippen LogP contribution in [0, 0.1) is 5.41 Å². The first-order valence-corrected chi connectivity index (χ1v) is 10.00. The highest BCUT2D eigenvalue weighted by Crippen LogP contribution is 2.51. The molecule has 2 saturated carbocycles. The minimum Gasteiger partial charge on any atom is -0.369 e. The van der Waals surface area contributed by atoms with Gasteiger partial charge >= 0.3 is 0 Å². The maximum atomic E-state index is 13.6. The lowest BCUT2D eigenvalue weighted by Gasteiger charge is -2.45. The standard InChI is InChI=1S/C19H17ClF2N6O3/c20-10-3-11(16(31)28-14(10)15(30)27-19(28)5-18(21,22)6-19)26-13-4-12(24-9-25-13)23-7-17(8-29)1-2-17/h3-4,8-9H,1-2,5-7H2,(H,27,30)(H2,23,24,25,26). The van der Waals surface area contributed by atoms with Crippen molar-refractivity contribution in [2.75, 3.05) is 17.2 Å². The molecule has 1 amide bonds. The van der Waals surface area contributed by atoms with Crippen LogP contribution in [0.3, 0.4) is 0 Å². The van der Waals surface area contributed by atoms with Crippen LogP contribution in [0.4, 0.5) is 26.1 Å². The van der Waals surface area contributed by atoms with Crippen molar-refractivity contribution in [3.05, 3.63) is 39.5 Å². The third-order valence-corrected chi connectivity index (χ3v) is 6.23. The molecule has 3 aliphatic rings. The van der Waals surface area contributed by atoms with Gasteiger partial charge in [-0.2, -0.15) is 0 Å². The molecule has 5 rings (SSSR count). The molecule has 0 radical (unpaired) electrons. The number of halogens is 3. The van der Waals surface area contributed by atoms with Gasteiger partial charge in [-0.3, -0.25) is 14.2 Å². The van der Waals surface area contributed by atoms with Crippen molar-refractivity contribution in [1.29, 1.82) is 0 Å². The number of aldehydes is 1. The lowest BCUT2D eigenvalue weighted by atomic mass is 9.81. The molecule has 2 aromatic heterocycles. The van der Waals surface area contributed by atoms with Crippen LogP contribution >= 0.6 is 11.6 Å². The molecular weight excluding hydrogens is 434 g/mol. The molecule has 0 bridgehead atoms. The molecule has 3 heterocycles. The van der Waals surface area contributed by atoms with Crippen LogP contribution in [-0.2, 0) is 10.5 Å². The maximum absolute atomic E-state index is 13.6. The first-order chi connectivity index (χ1) is 14.7. The number of anilines is 3. The average Bonchev–Trinajstić information content (AvgIpc) is 3.41. The number of alkyl halides is 2. The van der Waals surface area contributed by atoms with Gasteiger partial charge in [0.25, 0.3) is 17.4 Å². The van der Waals surface area contributed by atoms with Gasteiger partial charge in [-0.25, -0.2) is 18.7 Å². The predicted octanol–water partition coefficient (Wildman–Crippen LogP) is 2.25. The first-order valence-electron chi connectivity index (χ1n) is 9.62. The molecule has 2 aliphatic carbocycles. The molecular formula is C19H17ClF2N6O3. The maximum Gasteiger partial charge on any atom is 0.276 e. The van der Waals surface area contributed by atoms with Crippen molar-refractivity contribution >= 4 is 41.1 Å². The van der Waals surface area contributed by atoms with Crippen LogP contribution < -0.4 is 21.5 Å². The van der Waals surface area contributed by atoms with Gasteiger partial charge in [-0.1, -0.05) is 11.6 Å². The molecule has 0 aromatic carbocycles. The van der Waals surface area contributed by atoms with Crippen LogP contribution in [0.5, 0.6) is 0 Å². The van der Waals surface area contributed by atoms with Crippen molar-refractivity contribution in [3.8, 4) is 0 Å². The van der Waals surface area contributed by atoms with Gasteiger partial charge in [0.05, 0.1) is 17.9 Å². The summed E-state index contributed by atoms with van der Waals surface area (Å²) in [5.41, 5.74) is -2.67. The Morgan fingerprint density at radius 2 is 1.90 bits per heavy atom. The number of carbonyl (C=O) groups is 2. The van der Waals surface area contributed by atoms with Crippen molar-refractivity contribution in [1.82, 2.24) is 19.9 Å². The summed E-state index contributed by atoms with van der Waals surface area (Å²) in [5, 5.41) is 8.33. The molecule has 1 aliphatic heterocycles. The van der Waals surface area contributed by atoms with Crippen molar-refractivity contribution in [2.45, 2.75) is 37.3 Å². The Kier molecular flexibility index (Phi) is 4.14. The average molecular weight is 451 g/mol. The summed E-state index contributed by atoms with van der Waals surface area (Å²) in [4.78, 5) is 44.6. The molecule has 0 saturated heterocycles. The van der Waals surface area contributed by atoms with E-state index < -0.39 is 35.9 Å². The normalized spacial score (nSPS) is 21.1. The largest absolute Gasteiger partial charge is 0.369 e. The van der Waals surface area contributed by atoms with Gasteiger partial charge in [-0.05, 0) is 18.9 Å². The van der Waals surface area contributed by atoms with Crippen LogP contribution in [-0.4, -0.2) is 39.2 Å². The number of rotatable bonds is 6. The number of hydrogen-bond donors (Lipinski definition) is 3. The SMILES string of the molecule is O=CC1(CNc2cc(Nc3cc(Cl)c4n(c3=O)C3(CC(F)(F)C3)NC4=O)ncn2)CC1. The van der Waals surface area contributed by atoms with Crippen molar-refractivity contribution in [3.63, 3.8) is 0 Å². The number of amides is 1. The topological polar surface area (TPSA) is 118 Å². The van der Waals surface area contributed by atoms with Crippen molar-refractivity contribution < 1.29 is 18.4 Å². The minimum atomic E-state index is -2.97. The number of nitrogens with zero attached hydrogens (tertiary/aromatic N) is 3. The minimum absolute atomic E-state index is 0.0175. The van der Waals surface area contributed by atoms with Crippen molar-refractivity contribution in [2.24, 2.45) is 5.41 Å². The molecule has 0 atom stereocenters. The number of hydrogen-bond acceptors (Lipinski definition) is 7. The van der Waals surface area contributed by atoms with Gasteiger partial charge in [-0.15, -0.1) is 0 Å². The third-order valence-electron chi connectivity index (χ3n) is 5.94. The van der Waals surface area contributed by atoms with E-state index in [1.54, 1.807) is 6.07 Å². The van der Waals surface area contributed by atoms with E-state index in [4.69, 9.17) is 11.6 Å². The summed E-state index contributed by atoms with van der Waals surface area (Å²) in [5.74, 6) is -2.93. The van der Waals surface area contributed by atoms with Gasteiger partial charge in [0.15, 0.2) is 0 Å². The Morgan fingerprint density at radius 3 is 2.55 bits per heavy atom. The highest BCUT2D eigenvalue weighted by atomic mass is 35.5. The van der Waals surface area contributed by atoms with E-state index in [1.165, 1.54) is 12.4 Å². The number of fused-ring (bicyclic) bond motifs is 2. The first kappa shape index (κ1) is 19.9. The summed E-state index contributed by atoms with van der Waals surface area (Å²) in [6, 6.07) is 2.81. The zero-order chi connectivity index (χ0) is 22.0. The summed E-state index contributed by atoms with van der Waals surface area (Å²) >= 11 is 6.22. The van der Waals surface area contributed by atoms with E-state index in [9.17, 15) is 23.2 Å². The fourth-order valence-corrected chi connectivity index (χ4v) is 4.37. The van der Waals surface area contributed by atoms with Gasteiger partial charge in [0.1, 0.15) is 41.3 Å². The summed E-state index contributed by atoms with van der Waals surface area (Å²) in [7, 11) is 0. The molecule has 12 heteroatoms. The van der Waals surface area contributed by atoms with E-state index in [0.717, 1.165) is 23.7 Å². The monoisotopic (exact) mass is 450 g/mol. The fraction of sp³-hybridized carbons (Fsp3) is 0.421. The second-order valence-electron chi connectivity index (χ2n) is 8.34. The predicted molar refractivity (Wildman–Crippen MR) is 107 cm³/mol. The quantitative estimate of drug-likeness (QED) is 0.578. The van der Waals surface area contributed by atoms with Crippen LogP contribution in [0.1, 0.15) is 36.2 Å². The number of carbonyl (C=O) groups excluding carboxylic acids is 2. The molecule has 9 nitrogen and oxygen atoms in total. The van der Waals surface area contributed by atoms with E-state index in [-0.39, 0.29) is 27.6 Å². The molecule has 1 spiro atoms. The molecule has 0 unspecified atom stereocenters. The highest BCUT2D eigenvalue weighted by Gasteiger charge is 2.62. The molecule has 162 valence electrons. The summed E-state index contributed by atoms with van der Waals surface area (Å²) in [6.45, 7) is 0.435. The lowest BCUT2D eigenvalue weighted by molar-refractivity contribution is -0.157. The zero-order valence-electron chi connectivity index (χ0n) is 16.0. The van der Waals surface area contributed by atoms with Gasteiger partial charge in [0.2, 0.25) is 0 Å². The summed E-state index contributed by atoms with van der Waals surface area (Å²) in [6.07, 6.45) is 2.48. The van der Waals surface area contributed by atoms with E-state index in [2.05, 4.69) is 25.9 Å². The smallest absolute Gasteiger partial charge is 0.276 e. The second kappa shape index (κ2) is 6.46. The van der Waals surface area contributed by atoms with E-state index in [0.29, 0.717) is 12.4 Å². The Bertz CT molecular complexity index is 1170. The molecule has 2 aromatic rings. The third kappa shape index (κ3) is 3.23. The summed E-state index contributed by atoms with van der Waals surface area (Å²) < 4.78 is 28.2. The number of pyridine rings is 1. The second-order valence-corrected chi connectivity index (χ2v) is 8.74. The fourth-order valence-electron chi connectivity index (χ4n) is 4.09. The molecule has 3 N–H and O–H groups in total. The van der Waals surface area contributed by atoms with Gasteiger partial charge in [0, 0.05) is 18.0 Å². The lowest BCUT2D eigenvalue weighted by Crippen LogP contribution is -2.61. The van der Waals surface area contributed by atoms with Gasteiger partial charge < -0.3 is 20.7 Å². The Balaban J connectivity index is 1.44. The van der Waals surface area contributed by atoms with Crippen LogP contribution in [0.15, 0.2) is 23.3 Å². The van der Waals surface area contributed by atoms with E-state index >= 15 is 0 Å². The van der Waals surface area contributed by atoms with E-state index in [1.807, 2.05) is 0 Å². The zero-order valence-corrected chi connectivity index (χ0v) is 16.8.